The Morgan fingerprint density at radius 2 is 2.15 bits per heavy atom. The van der Waals surface area contributed by atoms with Gasteiger partial charge in [-0.3, -0.25) is 0 Å². The third-order valence-electron chi connectivity index (χ3n) is 3.67. The Morgan fingerprint density at radius 3 is 2.85 bits per heavy atom. The van der Waals surface area contributed by atoms with E-state index in [1.165, 1.54) is 6.07 Å². The van der Waals surface area contributed by atoms with Crippen molar-refractivity contribution in [1.29, 1.82) is 0 Å². The number of likely N-dealkylation sites (tertiary alicyclic amines) is 1. The van der Waals surface area contributed by atoms with Gasteiger partial charge in [-0.05, 0) is 30.9 Å². The van der Waals surface area contributed by atoms with Crippen LogP contribution in [0, 0.1) is 5.92 Å². The van der Waals surface area contributed by atoms with Gasteiger partial charge in [-0.25, -0.2) is 9.59 Å². The third-order valence-corrected chi connectivity index (χ3v) is 3.67. The minimum Gasteiger partial charge on any atom is -0.478 e. The van der Waals surface area contributed by atoms with E-state index in [4.69, 9.17) is 5.11 Å². The van der Waals surface area contributed by atoms with Gasteiger partial charge in [0.15, 0.2) is 0 Å². The number of aromatic carboxylic acids is 1. The second kappa shape index (κ2) is 6.41. The lowest BCUT2D eigenvalue weighted by Crippen LogP contribution is -2.33. The Labute approximate surface area is 118 Å². The molecule has 108 valence electrons. The fourth-order valence-electron chi connectivity index (χ4n) is 2.63. The second-order valence-corrected chi connectivity index (χ2v) is 5.17. The minimum atomic E-state index is -1.04. The maximum atomic E-state index is 12.2. The number of carboxylic acid groups (broad SMARTS) is 1. The molecule has 1 aliphatic rings. The number of benzene rings is 1. The molecule has 0 aromatic heterocycles. The van der Waals surface area contributed by atoms with Crippen molar-refractivity contribution in [3.63, 3.8) is 0 Å². The first kappa shape index (κ1) is 14.4. The molecule has 2 amide bonds. The lowest BCUT2D eigenvalue weighted by Gasteiger charge is -2.18. The van der Waals surface area contributed by atoms with Gasteiger partial charge in [0.25, 0.3) is 0 Å². The van der Waals surface area contributed by atoms with E-state index in [2.05, 4.69) is 12.2 Å². The predicted octanol–water partition coefficient (Wildman–Crippen LogP) is 3.04. The summed E-state index contributed by atoms with van der Waals surface area (Å²) in [5.74, 6) is -0.466. The number of rotatable bonds is 4. The van der Waals surface area contributed by atoms with Crippen molar-refractivity contribution >= 4 is 17.7 Å². The molecule has 0 radical (unpaired) electrons. The standard InChI is InChI=1S/C15H20N2O3/c1-2-5-11-8-9-17(10-11)15(20)16-13-7-4-3-6-12(13)14(18)19/h3-4,6-7,11H,2,5,8-10H2,1H3,(H,16,20)(H,18,19). The highest BCUT2D eigenvalue weighted by molar-refractivity contribution is 6.00. The first-order valence-electron chi connectivity index (χ1n) is 7.00. The van der Waals surface area contributed by atoms with Crippen LogP contribution in [0.3, 0.4) is 0 Å². The van der Waals surface area contributed by atoms with E-state index in [0.29, 0.717) is 11.6 Å². The summed E-state index contributed by atoms with van der Waals surface area (Å²) in [5.41, 5.74) is 0.467. The Bertz CT molecular complexity index is 502. The molecule has 1 heterocycles. The topological polar surface area (TPSA) is 69.6 Å². The lowest BCUT2D eigenvalue weighted by molar-refractivity contribution is 0.0698. The predicted molar refractivity (Wildman–Crippen MR) is 77.0 cm³/mol. The molecule has 1 saturated heterocycles. The fraction of sp³-hybridized carbons (Fsp3) is 0.467. The molecule has 5 heteroatoms. The lowest BCUT2D eigenvalue weighted by atomic mass is 10.0. The highest BCUT2D eigenvalue weighted by Crippen LogP contribution is 2.22. The van der Waals surface area contributed by atoms with Crippen molar-refractivity contribution in [3.05, 3.63) is 29.8 Å². The fourth-order valence-corrected chi connectivity index (χ4v) is 2.63. The van der Waals surface area contributed by atoms with Crippen molar-refractivity contribution in [1.82, 2.24) is 4.90 Å². The summed E-state index contributed by atoms with van der Waals surface area (Å²) < 4.78 is 0. The molecular formula is C15H20N2O3. The van der Waals surface area contributed by atoms with Crippen molar-refractivity contribution < 1.29 is 14.7 Å². The molecule has 2 rings (SSSR count). The molecular weight excluding hydrogens is 256 g/mol. The number of nitrogens with zero attached hydrogens (tertiary/aromatic N) is 1. The van der Waals surface area contributed by atoms with E-state index >= 15 is 0 Å². The number of nitrogens with one attached hydrogen (secondary N) is 1. The molecule has 0 bridgehead atoms. The van der Waals surface area contributed by atoms with Crippen LogP contribution in [-0.4, -0.2) is 35.1 Å². The summed E-state index contributed by atoms with van der Waals surface area (Å²) in [7, 11) is 0. The molecule has 1 atom stereocenters. The average Bonchev–Trinajstić information content (AvgIpc) is 2.88. The molecule has 0 saturated carbocycles. The smallest absolute Gasteiger partial charge is 0.337 e. The van der Waals surface area contributed by atoms with Crippen molar-refractivity contribution in [2.45, 2.75) is 26.2 Å². The van der Waals surface area contributed by atoms with Gasteiger partial charge in [0, 0.05) is 13.1 Å². The summed E-state index contributed by atoms with van der Waals surface area (Å²) in [6.07, 6.45) is 3.29. The number of carbonyl (C=O) groups excluding carboxylic acids is 1. The number of para-hydroxylation sites is 1. The maximum Gasteiger partial charge on any atom is 0.337 e. The van der Waals surface area contributed by atoms with E-state index in [1.54, 1.807) is 23.1 Å². The van der Waals surface area contributed by atoms with E-state index in [0.717, 1.165) is 32.4 Å². The van der Waals surface area contributed by atoms with Gasteiger partial charge in [0.1, 0.15) is 0 Å². The molecule has 1 aromatic rings. The zero-order chi connectivity index (χ0) is 14.5. The van der Waals surface area contributed by atoms with Crippen LogP contribution in [-0.2, 0) is 0 Å². The molecule has 20 heavy (non-hydrogen) atoms. The van der Waals surface area contributed by atoms with Gasteiger partial charge < -0.3 is 15.3 Å². The molecule has 1 aliphatic heterocycles. The number of carbonyl (C=O) groups is 2. The highest BCUT2D eigenvalue weighted by atomic mass is 16.4. The van der Waals surface area contributed by atoms with Gasteiger partial charge in [-0.15, -0.1) is 0 Å². The van der Waals surface area contributed by atoms with E-state index in [9.17, 15) is 9.59 Å². The third kappa shape index (κ3) is 3.29. The number of hydrogen-bond acceptors (Lipinski definition) is 2. The summed E-state index contributed by atoms with van der Waals surface area (Å²) >= 11 is 0. The number of amides is 2. The SMILES string of the molecule is CCCC1CCN(C(=O)Nc2ccccc2C(=O)O)C1. The quantitative estimate of drug-likeness (QED) is 0.888. The molecule has 0 aliphatic carbocycles. The van der Waals surface area contributed by atoms with Crippen molar-refractivity contribution in [3.8, 4) is 0 Å². The van der Waals surface area contributed by atoms with Crippen LogP contribution in [0.15, 0.2) is 24.3 Å². The Morgan fingerprint density at radius 1 is 1.40 bits per heavy atom. The summed E-state index contributed by atoms with van der Waals surface area (Å²) in [6, 6.07) is 6.25. The van der Waals surface area contributed by atoms with Crippen LogP contribution in [0.25, 0.3) is 0 Å². The first-order chi connectivity index (χ1) is 9.61. The Hall–Kier alpha value is -2.04. The summed E-state index contributed by atoms with van der Waals surface area (Å²) in [6.45, 7) is 3.65. The summed E-state index contributed by atoms with van der Waals surface area (Å²) in [4.78, 5) is 25.0. The van der Waals surface area contributed by atoms with Crippen LogP contribution in [0.5, 0.6) is 0 Å². The Kier molecular flexibility index (Phi) is 4.61. The minimum absolute atomic E-state index is 0.116. The highest BCUT2D eigenvalue weighted by Gasteiger charge is 2.26. The number of anilines is 1. The maximum absolute atomic E-state index is 12.2. The van der Waals surface area contributed by atoms with Crippen LogP contribution < -0.4 is 5.32 Å². The molecule has 2 N–H and O–H groups in total. The van der Waals surface area contributed by atoms with Gasteiger partial charge in [-0.2, -0.15) is 0 Å². The average molecular weight is 276 g/mol. The van der Waals surface area contributed by atoms with Crippen molar-refractivity contribution in [2.75, 3.05) is 18.4 Å². The van der Waals surface area contributed by atoms with Crippen molar-refractivity contribution in [2.24, 2.45) is 5.92 Å². The van der Waals surface area contributed by atoms with E-state index in [-0.39, 0.29) is 11.6 Å². The van der Waals surface area contributed by atoms with Gasteiger partial charge in [0.2, 0.25) is 0 Å². The molecule has 5 nitrogen and oxygen atoms in total. The second-order valence-electron chi connectivity index (χ2n) is 5.17. The number of carboxylic acids is 1. The van der Waals surface area contributed by atoms with Crippen LogP contribution >= 0.6 is 0 Å². The summed E-state index contributed by atoms with van der Waals surface area (Å²) in [5, 5.41) is 11.8. The number of urea groups is 1. The largest absolute Gasteiger partial charge is 0.478 e. The monoisotopic (exact) mass is 276 g/mol. The number of hydrogen-bond donors (Lipinski definition) is 2. The van der Waals surface area contributed by atoms with E-state index < -0.39 is 5.97 Å². The van der Waals surface area contributed by atoms with Gasteiger partial charge in [0.05, 0.1) is 11.3 Å². The molecule has 0 spiro atoms. The molecule has 1 fully saturated rings. The molecule has 1 unspecified atom stereocenters. The van der Waals surface area contributed by atoms with Crippen LogP contribution in [0.1, 0.15) is 36.5 Å². The molecule has 1 aromatic carbocycles. The van der Waals surface area contributed by atoms with Crippen LogP contribution in [0.2, 0.25) is 0 Å². The van der Waals surface area contributed by atoms with E-state index in [1.807, 2.05) is 0 Å². The van der Waals surface area contributed by atoms with Gasteiger partial charge in [-0.1, -0.05) is 25.5 Å². The Balaban J connectivity index is 2.00. The van der Waals surface area contributed by atoms with Gasteiger partial charge >= 0.3 is 12.0 Å². The van der Waals surface area contributed by atoms with Crippen LogP contribution in [0.4, 0.5) is 10.5 Å². The normalized spacial score (nSPS) is 18.1. The zero-order valence-electron chi connectivity index (χ0n) is 11.6. The zero-order valence-corrected chi connectivity index (χ0v) is 11.6. The first-order valence-corrected chi connectivity index (χ1v) is 7.00.